The molecule has 2 heterocycles. The first-order valence-electron chi connectivity index (χ1n) is 9.96. The van der Waals surface area contributed by atoms with Gasteiger partial charge in [0.15, 0.2) is 5.96 Å². The van der Waals surface area contributed by atoms with Crippen molar-refractivity contribution in [1.82, 2.24) is 10.2 Å². The number of phenolic OH excluding ortho intramolecular Hbond substituents is 1. The molecular weight excluding hydrogens is 479 g/mol. The molecule has 0 amide bonds. The lowest BCUT2D eigenvalue weighted by atomic mass is 9.93. The average molecular weight is 508 g/mol. The zero-order chi connectivity index (χ0) is 19.3. The Bertz CT molecular complexity index is 837. The minimum Gasteiger partial charge on any atom is -0.506 e. The molecule has 4 rings (SSSR count). The molecule has 7 heteroatoms. The van der Waals surface area contributed by atoms with Crippen LogP contribution < -0.4 is 15.0 Å². The predicted molar refractivity (Wildman–Crippen MR) is 128 cm³/mol. The van der Waals surface area contributed by atoms with Crippen molar-refractivity contribution < 1.29 is 9.84 Å². The van der Waals surface area contributed by atoms with Gasteiger partial charge in [-0.25, -0.2) is 0 Å². The number of rotatable bonds is 3. The Kier molecular flexibility index (Phi) is 7.46. The van der Waals surface area contributed by atoms with E-state index in [0.717, 1.165) is 63.1 Å². The Hall–Kier alpha value is -2.16. The lowest BCUT2D eigenvalue weighted by Crippen LogP contribution is -2.53. The van der Waals surface area contributed by atoms with Crippen LogP contribution in [-0.2, 0) is 0 Å². The number of fused-ring (bicyclic) bond motifs is 1. The summed E-state index contributed by atoms with van der Waals surface area (Å²) in [5.41, 5.74) is 2.19. The highest BCUT2D eigenvalue weighted by Crippen LogP contribution is 2.33. The number of halogens is 1. The van der Waals surface area contributed by atoms with Crippen LogP contribution in [0.25, 0.3) is 0 Å². The number of nitrogens with zero attached hydrogens (tertiary/aromatic N) is 3. The third-order valence-corrected chi connectivity index (χ3v) is 5.60. The highest BCUT2D eigenvalue weighted by molar-refractivity contribution is 14.0. The van der Waals surface area contributed by atoms with E-state index in [1.54, 1.807) is 6.07 Å². The first kappa shape index (κ1) is 21.5. The summed E-state index contributed by atoms with van der Waals surface area (Å²) < 4.78 is 5.77. The summed E-state index contributed by atoms with van der Waals surface area (Å²) in [5, 5.41) is 13.7. The summed E-state index contributed by atoms with van der Waals surface area (Å²) in [7, 11) is 1.84. The number of hydrogen-bond acceptors (Lipinski definition) is 4. The van der Waals surface area contributed by atoms with Crippen molar-refractivity contribution in [1.29, 1.82) is 0 Å². The number of aliphatic imine (C=N–C) groups is 1. The van der Waals surface area contributed by atoms with Crippen LogP contribution in [0.1, 0.15) is 17.9 Å². The van der Waals surface area contributed by atoms with Gasteiger partial charge < -0.3 is 25.0 Å². The molecule has 0 spiro atoms. The number of hydrogen-bond donors (Lipinski definition) is 2. The van der Waals surface area contributed by atoms with E-state index in [1.807, 2.05) is 31.3 Å². The summed E-state index contributed by atoms with van der Waals surface area (Å²) in [6.45, 7) is 5.08. The van der Waals surface area contributed by atoms with Gasteiger partial charge in [0.25, 0.3) is 0 Å². The van der Waals surface area contributed by atoms with E-state index in [9.17, 15) is 5.11 Å². The second-order valence-electron chi connectivity index (χ2n) is 7.26. The van der Waals surface area contributed by atoms with E-state index in [-0.39, 0.29) is 24.0 Å². The molecule has 29 heavy (non-hydrogen) atoms. The van der Waals surface area contributed by atoms with E-state index < -0.39 is 0 Å². The highest BCUT2D eigenvalue weighted by atomic mass is 127. The van der Waals surface area contributed by atoms with Gasteiger partial charge >= 0.3 is 0 Å². The fourth-order valence-electron chi connectivity index (χ4n) is 4.07. The molecule has 1 atom stereocenters. The molecular formula is C22H29IN4O2. The van der Waals surface area contributed by atoms with Crippen molar-refractivity contribution in [3.63, 3.8) is 0 Å². The molecule has 0 bridgehead atoms. The lowest BCUT2D eigenvalue weighted by molar-refractivity contribution is 0.266. The van der Waals surface area contributed by atoms with Crippen molar-refractivity contribution in [2.75, 3.05) is 51.3 Å². The maximum atomic E-state index is 10.1. The topological polar surface area (TPSA) is 60.3 Å². The van der Waals surface area contributed by atoms with Crippen molar-refractivity contribution >= 4 is 35.6 Å². The maximum Gasteiger partial charge on any atom is 0.193 e. The smallest absolute Gasteiger partial charge is 0.193 e. The third-order valence-electron chi connectivity index (χ3n) is 5.60. The van der Waals surface area contributed by atoms with Crippen molar-refractivity contribution in [3.8, 4) is 11.5 Å². The number of ether oxygens (including phenoxy) is 1. The van der Waals surface area contributed by atoms with Gasteiger partial charge in [-0.1, -0.05) is 30.3 Å². The number of phenols is 1. The molecule has 156 valence electrons. The quantitative estimate of drug-likeness (QED) is 0.379. The number of guanidine groups is 1. The van der Waals surface area contributed by atoms with Gasteiger partial charge in [-0.2, -0.15) is 0 Å². The van der Waals surface area contributed by atoms with Crippen LogP contribution in [0.4, 0.5) is 5.69 Å². The Morgan fingerprint density at radius 3 is 2.59 bits per heavy atom. The van der Waals surface area contributed by atoms with Crippen LogP contribution in [0, 0.1) is 0 Å². The van der Waals surface area contributed by atoms with Gasteiger partial charge in [0.1, 0.15) is 11.5 Å². The van der Waals surface area contributed by atoms with Gasteiger partial charge in [0.2, 0.25) is 0 Å². The van der Waals surface area contributed by atoms with Crippen molar-refractivity contribution in [3.05, 3.63) is 54.1 Å². The molecule has 2 aromatic rings. The molecule has 0 saturated carbocycles. The fourth-order valence-corrected chi connectivity index (χ4v) is 4.07. The van der Waals surface area contributed by atoms with E-state index in [1.165, 1.54) is 5.56 Å². The van der Waals surface area contributed by atoms with Gasteiger partial charge in [-0.3, -0.25) is 4.99 Å². The van der Waals surface area contributed by atoms with Gasteiger partial charge in [0.05, 0.1) is 12.3 Å². The van der Waals surface area contributed by atoms with Crippen LogP contribution in [0.2, 0.25) is 0 Å². The van der Waals surface area contributed by atoms with Crippen molar-refractivity contribution in [2.24, 2.45) is 4.99 Å². The Balaban J connectivity index is 0.00000240. The molecule has 2 aliphatic rings. The number of para-hydroxylation sites is 3. The first-order valence-corrected chi connectivity index (χ1v) is 9.96. The summed E-state index contributed by atoms with van der Waals surface area (Å²) in [5.74, 6) is 2.73. The van der Waals surface area contributed by atoms with Crippen LogP contribution in [0.3, 0.4) is 0 Å². The largest absolute Gasteiger partial charge is 0.506 e. The number of anilines is 1. The summed E-state index contributed by atoms with van der Waals surface area (Å²) in [6, 6.07) is 15.9. The molecule has 1 saturated heterocycles. The predicted octanol–water partition coefficient (Wildman–Crippen LogP) is 3.27. The molecule has 2 aliphatic heterocycles. The molecule has 0 aliphatic carbocycles. The Morgan fingerprint density at radius 2 is 1.83 bits per heavy atom. The SMILES string of the molecule is CN=C(NCC1CCOc2ccccc21)N1CCN(c2ccccc2O)CC1.I. The molecule has 0 radical (unpaired) electrons. The summed E-state index contributed by atoms with van der Waals surface area (Å²) in [4.78, 5) is 9.02. The zero-order valence-electron chi connectivity index (χ0n) is 16.8. The van der Waals surface area contributed by atoms with E-state index in [0.29, 0.717) is 11.7 Å². The number of aromatic hydroxyl groups is 1. The maximum absolute atomic E-state index is 10.1. The van der Waals surface area contributed by atoms with Crippen molar-refractivity contribution in [2.45, 2.75) is 12.3 Å². The molecule has 0 aromatic heterocycles. The first-order chi connectivity index (χ1) is 13.8. The fraction of sp³-hybridized carbons (Fsp3) is 0.409. The summed E-state index contributed by atoms with van der Waals surface area (Å²) >= 11 is 0. The number of benzene rings is 2. The standard InChI is InChI=1S/C22H28N4O2.HI/c1-23-22(24-16-17-10-15-28-21-9-5-2-6-18(17)21)26-13-11-25(12-14-26)19-7-3-4-8-20(19)27;/h2-9,17,27H,10-16H2,1H3,(H,23,24);1H. The molecule has 2 aromatic carbocycles. The highest BCUT2D eigenvalue weighted by Gasteiger charge is 2.24. The second-order valence-corrected chi connectivity index (χ2v) is 7.26. The third kappa shape index (κ3) is 4.88. The minimum absolute atomic E-state index is 0. The summed E-state index contributed by atoms with van der Waals surface area (Å²) in [6.07, 6.45) is 1.02. The molecule has 1 unspecified atom stereocenters. The van der Waals surface area contributed by atoms with Crippen LogP contribution in [-0.4, -0.2) is 62.3 Å². The molecule has 1 fully saturated rings. The number of piperazine rings is 1. The normalized spacial score (nSPS) is 19.1. The van der Waals surface area contributed by atoms with Gasteiger partial charge in [-0.15, -0.1) is 24.0 Å². The zero-order valence-corrected chi connectivity index (χ0v) is 19.1. The number of nitrogens with one attached hydrogen (secondary N) is 1. The van der Waals surface area contributed by atoms with Gasteiger partial charge in [0, 0.05) is 45.7 Å². The monoisotopic (exact) mass is 508 g/mol. The molecule has 6 nitrogen and oxygen atoms in total. The van der Waals surface area contributed by atoms with E-state index >= 15 is 0 Å². The minimum atomic E-state index is 0. The van der Waals surface area contributed by atoms with Crippen LogP contribution in [0.15, 0.2) is 53.5 Å². The molecule has 2 N–H and O–H groups in total. The Morgan fingerprint density at radius 1 is 1.10 bits per heavy atom. The van der Waals surface area contributed by atoms with Crippen LogP contribution in [0.5, 0.6) is 11.5 Å². The van der Waals surface area contributed by atoms with Crippen LogP contribution >= 0.6 is 24.0 Å². The van der Waals surface area contributed by atoms with E-state index in [2.05, 4.69) is 38.3 Å². The van der Waals surface area contributed by atoms with E-state index in [4.69, 9.17) is 4.74 Å². The average Bonchev–Trinajstić information content (AvgIpc) is 2.75. The van der Waals surface area contributed by atoms with Gasteiger partial charge in [-0.05, 0) is 30.2 Å². The second kappa shape index (κ2) is 10.0. The lowest BCUT2D eigenvalue weighted by Gasteiger charge is -2.38. The Labute approximate surface area is 189 Å².